The van der Waals surface area contributed by atoms with E-state index in [1.54, 1.807) is 0 Å². The average Bonchev–Trinajstić information content (AvgIpc) is 3.00. The van der Waals surface area contributed by atoms with Crippen molar-refractivity contribution >= 4 is 11.8 Å². The molecule has 1 aliphatic heterocycles. The highest BCUT2D eigenvalue weighted by molar-refractivity contribution is 5.54. The minimum Gasteiger partial charge on any atom is -0.368 e. The van der Waals surface area contributed by atoms with E-state index in [2.05, 4.69) is 56.7 Å². The molecule has 0 spiro atoms. The Labute approximate surface area is 150 Å². The van der Waals surface area contributed by atoms with E-state index in [9.17, 15) is 0 Å². The Morgan fingerprint density at radius 1 is 1.32 bits per heavy atom. The number of fused-ring (bicyclic) bond motifs is 1. The number of hydrogen-bond donors (Lipinski definition) is 3. The van der Waals surface area contributed by atoms with Crippen LogP contribution in [0.15, 0.2) is 30.0 Å². The van der Waals surface area contributed by atoms with Gasteiger partial charge in [0.15, 0.2) is 0 Å². The van der Waals surface area contributed by atoms with Gasteiger partial charge >= 0.3 is 0 Å². The number of anilines is 2. The fraction of sp³-hybridized carbons (Fsp3) is 0.579. The second kappa shape index (κ2) is 8.45. The summed E-state index contributed by atoms with van der Waals surface area (Å²) in [5.41, 5.74) is 8.26. The van der Waals surface area contributed by atoms with Crippen LogP contribution in [0.4, 0.5) is 11.8 Å². The van der Waals surface area contributed by atoms with Gasteiger partial charge in [-0.1, -0.05) is 31.9 Å². The van der Waals surface area contributed by atoms with E-state index in [-0.39, 0.29) is 0 Å². The molecule has 2 heterocycles. The quantitative estimate of drug-likeness (QED) is 0.629. The van der Waals surface area contributed by atoms with Crippen molar-refractivity contribution in [3.05, 3.63) is 35.7 Å². The SMILES string of the molecule is CCCCCNCc1cc(N2CC(NC)C3CC=CC=C32)nc(N)n1. The summed E-state index contributed by atoms with van der Waals surface area (Å²) in [6.07, 6.45) is 11.3. The maximum Gasteiger partial charge on any atom is 0.222 e. The van der Waals surface area contributed by atoms with E-state index in [0.29, 0.717) is 17.9 Å². The first-order valence-corrected chi connectivity index (χ1v) is 9.38. The molecule has 2 unspecified atom stereocenters. The number of nitrogen functional groups attached to an aromatic ring is 1. The molecule has 0 radical (unpaired) electrons. The van der Waals surface area contributed by atoms with Crippen LogP contribution in [0.5, 0.6) is 0 Å². The summed E-state index contributed by atoms with van der Waals surface area (Å²) in [5.74, 6) is 1.75. The van der Waals surface area contributed by atoms with Crippen molar-refractivity contribution in [3.8, 4) is 0 Å². The van der Waals surface area contributed by atoms with Gasteiger partial charge in [-0.2, -0.15) is 4.98 Å². The number of nitrogens with one attached hydrogen (secondary N) is 2. The van der Waals surface area contributed by atoms with E-state index in [0.717, 1.165) is 37.6 Å². The summed E-state index contributed by atoms with van der Waals surface area (Å²) in [7, 11) is 2.03. The molecule has 1 saturated heterocycles. The topological polar surface area (TPSA) is 79.1 Å². The number of aromatic nitrogens is 2. The fourth-order valence-corrected chi connectivity index (χ4v) is 3.69. The Morgan fingerprint density at radius 2 is 2.20 bits per heavy atom. The predicted octanol–water partition coefficient (Wildman–Crippen LogP) is 2.21. The normalized spacial score (nSPS) is 22.2. The van der Waals surface area contributed by atoms with Gasteiger partial charge in [-0.3, -0.25) is 0 Å². The lowest BCUT2D eigenvalue weighted by Gasteiger charge is -2.23. The highest BCUT2D eigenvalue weighted by Gasteiger charge is 2.37. The minimum absolute atomic E-state index is 0.347. The van der Waals surface area contributed by atoms with Crippen LogP contribution >= 0.6 is 0 Å². The van der Waals surface area contributed by atoms with E-state index >= 15 is 0 Å². The van der Waals surface area contributed by atoms with Crippen molar-refractivity contribution in [2.45, 2.75) is 45.2 Å². The maximum atomic E-state index is 5.99. The fourth-order valence-electron chi connectivity index (χ4n) is 3.69. The van der Waals surface area contributed by atoms with Crippen LogP contribution in [-0.2, 0) is 6.54 Å². The largest absolute Gasteiger partial charge is 0.368 e. The third kappa shape index (κ3) is 4.19. The monoisotopic (exact) mass is 342 g/mol. The van der Waals surface area contributed by atoms with Crippen molar-refractivity contribution in [3.63, 3.8) is 0 Å². The van der Waals surface area contributed by atoms with Crippen molar-refractivity contribution < 1.29 is 0 Å². The molecule has 6 heteroatoms. The molecule has 136 valence electrons. The second-order valence-electron chi connectivity index (χ2n) is 6.83. The van der Waals surface area contributed by atoms with Gasteiger partial charge in [-0.15, -0.1) is 0 Å². The summed E-state index contributed by atoms with van der Waals surface area (Å²) >= 11 is 0. The molecule has 1 fully saturated rings. The summed E-state index contributed by atoms with van der Waals surface area (Å²) in [4.78, 5) is 11.2. The van der Waals surface area contributed by atoms with Crippen molar-refractivity contribution in [2.75, 3.05) is 30.8 Å². The zero-order valence-electron chi connectivity index (χ0n) is 15.3. The molecule has 4 N–H and O–H groups in total. The molecule has 0 saturated carbocycles. The summed E-state index contributed by atoms with van der Waals surface area (Å²) in [6.45, 7) is 4.87. The Balaban J connectivity index is 1.73. The lowest BCUT2D eigenvalue weighted by Crippen LogP contribution is -2.33. The maximum absolute atomic E-state index is 5.99. The third-order valence-corrected chi connectivity index (χ3v) is 5.04. The van der Waals surface area contributed by atoms with Crippen LogP contribution in [0.1, 0.15) is 38.3 Å². The smallest absolute Gasteiger partial charge is 0.222 e. The lowest BCUT2D eigenvalue weighted by molar-refractivity contribution is 0.481. The average molecular weight is 342 g/mol. The Bertz CT molecular complexity index is 639. The standard InChI is InChI=1S/C19H30N6/c1-3-4-7-10-22-12-14-11-18(24-19(20)23-14)25-13-16(21-2)15-8-5-6-9-17(15)25/h5-6,9,11,15-16,21-22H,3-4,7-8,10,12-13H2,1-2H3,(H2,20,23,24). The number of hydrogen-bond acceptors (Lipinski definition) is 6. The van der Waals surface area contributed by atoms with Gasteiger partial charge in [0.2, 0.25) is 5.95 Å². The van der Waals surface area contributed by atoms with E-state index in [1.165, 1.54) is 25.0 Å². The molecule has 2 aliphatic rings. The van der Waals surface area contributed by atoms with E-state index in [4.69, 9.17) is 5.73 Å². The molecule has 0 amide bonds. The first-order chi connectivity index (χ1) is 12.2. The lowest BCUT2D eigenvalue weighted by atomic mass is 9.93. The number of rotatable bonds is 8. The van der Waals surface area contributed by atoms with E-state index in [1.807, 2.05) is 7.05 Å². The third-order valence-electron chi connectivity index (χ3n) is 5.04. The number of likely N-dealkylation sites (N-methyl/N-ethyl adjacent to an activating group) is 1. The second-order valence-corrected chi connectivity index (χ2v) is 6.83. The van der Waals surface area contributed by atoms with Gasteiger partial charge in [0.25, 0.3) is 0 Å². The highest BCUT2D eigenvalue weighted by atomic mass is 15.3. The molecular formula is C19H30N6. The Kier molecular flexibility index (Phi) is 6.04. The molecule has 3 rings (SSSR count). The first-order valence-electron chi connectivity index (χ1n) is 9.38. The van der Waals surface area contributed by atoms with E-state index < -0.39 is 0 Å². The van der Waals surface area contributed by atoms with Crippen molar-refractivity contribution in [2.24, 2.45) is 5.92 Å². The van der Waals surface area contributed by atoms with Crippen LogP contribution < -0.4 is 21.3 Å². The van der Waals surface area contributed by atoms with Crippen LogP contribution in [0, 0.1) is 5.92 Å². The Hall–Kier alpha value is -1.92. The highest BCUT2D eigenvalue weighted by Crippen LogP contribution is 2.36. The molecule has 1 aliphatic carbocycles. The molecule has 25 heavy (non-hydrogen) atoms. The van der Waals surface area contributed by atoms with Gasteiger partial charge in [0.1, 0.15) is 5.82 Å². The number of nitrogens with two attached hydrogens (primary N) is 1. The summed E-state index contributed by atoms with van der Waals surface area (Å²) in [5, 5.41) is 6.90. The number of unbranched alkanes of at least 4 members (excludes halogenated alkanes) is 2. The van der Waals surface area contributed by atoms with Gasteiger partial charge < -0.3 is 21.3 Å². The van der Waals surface area contributed by atoms with Gasteiger partial charge in [-0.05, 0) is 32.5 Å². The molecule has 1 aromatic heterocycles. The zero-order chi connectivity index (χ0) is 17.6. The van der Waals surface area contributed by atoms with Crippen LogP contribution in [0.2, 0.25) is 0 Å². The molecule has 2 atom stereocenters. The van der Waals surface area contributed by atoms with Crippen LogP contribution in [-0.4, -0.2) is 36.1 Å². The number of nitrogens with zero attached hydrogens (tertiary/aromatic N) is 3. The molecule has 0 aromatic carbocycles. The van der Waals surface area contributed by atoms with Crippen molar-refractivity contribution in [1.29, 1.82) is 0 Å². The minimum atomic E-state index is 0.347. The van der Waals surface area contributed by atoms with Gasteiger partial charge in [-0.25, -0.2) is 4.98 Å². The number of allylic oxidation sites excluding steroid dienone is 3. The molecular weight excluding hydrogens is 312 g/mol. The van der Waals surface area contributed by atoms with Gasteiger partial charge in [0, 0.05) is 36.8 Å². The van der Waals surface area contributed by atoms with Gasteiger partial charge in [0.05, 0.1) is 5.69 Å². The molecule has 6 nitrogen and oxygen atoms in total. The van der Waals surface area contributed by atoms with Crippen LogP contribution in [0.25, 0.3) is 0 Å². The predicted molar refractivity (Wildman–Crippen MR) is 103 cm³/mol. The summed E-state index contributed by atoms with van der Waals surface area (Å²) < 4.78 is 0. The zero-order valence-corrected chi connectivity index (χ0v) is 15.3. The molecule has 0 bridgehead atoms. The van der Waals surface area contributed by atoms with Crippen molar-refractivity contribution in [1.82, 2.24) is 20.6 Å². The summed E-state index contributed by atoms with van der Waals surface area (Å²) in [6, 6.07) is 2.50. The Morgan fingerprint density at radius 3 is 3.00 bits per heavy atom. The first kappa shape index (κ1) is 17.9. The molecule has 1 aromatic rings. The van der Waals surface area contributed by atoms with Crippen LogP contribution in [0.3, 0.4) is 0 Å².